The van der Waals surface area contributed by atoms with Crippen molar-refractivity contribution in [1.29, 1.82) is 0 Å². The molecule has 0 spiro atoms. The first-order chi connectivity index (χ1) is 13.8. The van der Waals surface area contributed by atoms with Gasteiger partial charge in [0.1, 0.15) is 16.2 Å². The number of fused-ring (bicyclic) bond motifs is 1. The molecular weight excluding hydrogens is 464 g/mol. The van der Waals surface area contributed by atoms with E-state index in [0.29, 0.717) is 40.3 Å². The monoisotopic (exact) mass is 481 g/mol. The highest BCUT2D eigenvalue weighted by atomic mass is 79.9. The smallest absolute Gasteiger partial charge is 0.264 e. The minimum atomic E-state index is -2.91. The maximum Gasteiger partial charge on any atom is 0.264 e. The van der Waals surface area contributed by atoms with Crippen molar-refractivity contribution in [1.82, 2.24) is 9.97 Å². The predicted molar refractivity (Wildman–Crippen MR) is 114 cm³/mol. The highest BCUT2D eigenvalue weighted by Crippen LogP contribution is 2.34. The molecule has 6 nitrogen and oxygen atoms in total. The van der Waals surface area contributed by atoms with Gasteiger partial charge in [0.2, 0.25) is 0 Å². The van der Waals surface area contributed by atoms with Gasteiger partial charge in [-0.15, -0.1) is 11.3 Å². The number of hydrogen-bond donors (Lipinski definition) is 3. The molecule has 0 radical (unpaired) electrons. The maximum absolute atomic E-state index is 13.9. The van der Waals surface area contributed by atoms with Crippen molar-refractivity contribution in [2.45, 2.75) is 37.3 Å². The number of thiophene rings is 1. The molecule has 4 rings (SSSR count). The molecule has 2 atom stereocenters. The van der Waals surface area contributed by atoms with Crippen LogP contribution in [0.3, 0.4) is 0 Å². The van der Waals surface area contributed by atoms with E-state index < -0.39 is 18.0 Å². The lowest BCUT2D eigenvalue weighted by Gasteiger charge is -2.36. The Kier molecular flexibility index (Phi) is 5.50. The van der Waals surface area contributed by atoms with E-state index in [1.54, 1.807) is 11.4 Å². The van der Waals surface area contributed by atoms with Crippen LogP contribution >= 0.6 is 27.3 Å². The van der Waals surface area contributed by atoms with Gasteiger partial charge in [-0.2, -0.15) is 0 Å². The van der Waals surface area contributed by atoms with Gasteiger partial charge in [0.25, 0.3) is 11.8 Å². The Morgan fingerprint density at radius 3 is 2.93 bits per heavy atom. The second-order valence-electron chi connectivity index (χ2n) is 6.92. The SMILES string of the molecule is N[C@@H]1[C@H](Nc2cnc3scc(C(=O)Nc4ccccc4Br)c3n2)CCCC1(F)F. The topological polar surface area (TPSA) is 92.9 Å². The van der Waals surface area contributed by atoms with Crippen LogP contribution in [-0.2, 0) is 0 Å². The van der Waals surface area contributed by atoms with Gasteiger partial charge in [-0.25, -0.2) is 18.7 Å². The van der Waals surface area contributed by atoms with Gasteiger partial charge in [-0.1, -0.05) is 12.1 Å². The fourth-order valence-corrected chi connectivity index (χ4v) is 4.56. The lowest BCUT2D eigenvalue weighted by atomic mass is 9.87. The number of nitrogens with zero attached hydrogens (tertiary/aromatic N) is 2. The summed E-state index contributed by atoms with van der Waals surface area (Å²) in [4.78, 5) is 22.1. The third-order valence-corrected chi connectivity index (χ3v) is 6.50. The molecule has 0 aliphatic heterocycles. The largest absolute Gasteiger partial charge is 0.364 e. The standard InChI is InChI=1S/C19H18BrF2N5OS/c20-11-4-1-2-5-12(11)26-17(28)10-9-29-18-15(10)27-14(8-24-18)25-13-6-3-7-19(21,22)16(13)23/h1-2,4-5,8-9,13,16H,3,6-7,23H2,(H,25,27)(H,26,28)/t13-,16-/m1/s1. The number of halogens is 3. The summed E-state index contributed by atoms with van der Waals surface area (Å²) in [5.41, 5.74) is 7.17. The van der Waals surface area contributed by atoms with Crippen molar-refractivity contribution < 1.29 is 13.6 Å². The van der Waals surface area contributed by atoms with Gasteiger partial charge >= 0.3 is 0 Å². The Labute approximate surface area is 178 Å². The van der Waals surface area contributed by atoms with Gasteiger partial charge in [0, 0.05) is 22.3 Å². The molecule has 1 aromatic carbocycles. The number of carbonyl (C=O) groups excluding carboxylic acids is 1. The number of alkyl halides is 2. The Bertz CT molecular complexity index is 1060. The number of para-hydroxylation sites is 1. The molecule has 152 valence electrons. The first kappa shape index (κ1) is 20.1. The molecule has 4 N–H and O–H groups in total. The maximum atomic E-state index is 13.9. The Morgan fingerprint density at radius 1 is 1.34 bits per heavy atom. The zero-order valence-electron chi connectivity index (χ0n) is 15.2. The van der Waals surface area contributed by atoms with Crippen LogP contribution in [-0.4, -0.2) is 33.9 Å². The van der Waals surface area contributed by atoms with Crippen LogP contribution in [0.1, 0.15) is 29.6 Å². The fourth-order valence-electron chi connectivity index (χ4n) is 3.34. The number of anilines is 2. The van der Waals surface area contributed by atoms with E-state index in [4.69, 9.17) is 5.73 Å². The van der Waals surface area contributed by atoms with Gasteiger partial charge < -0.3 is 16.4 Å². The van der Waals surface area contributed by atoms with Crippen molar-refractivity contribution in [3.63, 3.8) is 0 Å². The summed E-state index contributed by atoms with van der Waals surface area (Å²) in [7, 11) is 0. The average Bonchev–Trinajstić information content (AvgIpc) is 3.11. The molecular formula is C19H18BrF2N5OS. The fraction of sp³-hybridized carbons (Fsp3) is 0.316. The highest BCUT2D eigenvalue weighted by molar-refractivity contribution is 9.10. The number of rotatable bonds is 4. The van der Waals surface area contributed by atoms with E-state index in [1.165, 1.54) is 17.5 Å². The van der Waals surface area contributed by atoms with Gasteiger partial charge in [0.05, 0.1) is 23.5 Å². The molecule has 0 bridgehead atoms. The second kappa shape index (κ2) is 7.92. The number of benzene rings is 1. The molecule has 1 fully saturated rings. The molecule has 1 aliphatic rings. The summed E-state index contributed by atoms with van der Waals surface area (Å²) in [6.45, 7) is 0. The first-order valence-corrected chi connectivity index (χ1v) is 10.7. The number of carbonyl (C=O) groups is 1. The Balaban J connectivity index is 1.58. The minimum absolute atomic E-state index is 0.207. The molecule has 0 saturated heterocycles. The van der Waals surface area contributed by atoms with E-state index in [-0.39, 0.29) is 12.3 Å². The van der Waals surface area contributed by atoms with Gasteiger partial charge in [-0.05, 0) is 40.9 Å². The molecule has 1 saturated carbocycles. The molecule has 2 heterocycles. The third-order valence-electron chi connectivity index (χ3n) is 4.93. The van der Waals surface area contributed by atoms with Crippen molar-refractivity contribution in [3.8, 4) is 0 Å². The summed E-state index contributed by atoms with van der Waals surface area (Å²) in [5.74, 6) is -2.91. The molecule has 10 heteroatoms. The van der Waals surface area contributed by atoms with Crippen LogP contribution in [0.5, 0.6) is 0 Å². The molecule has 2 aromatic heterocycles. The van der Waals surface area contributed by atoms with Crippen molar-refractivity contribution in [2.75, 3.05) is 10.6 Å². The normalized spacial score (nSPS) is 21.1. The Morgan fingerprint density at radius 2 is 2.14 bits per heavy atom. The zero-order chi connectivity index (χ0) is 20.6. The van der Waals surface area contributed by atoms with Gasteiger partial charge in [0.15, 0.2) is 0 Å². The highest BCUT2D eigenvalue weighted by Gasteiger charge is 2.44. The van der Waals surface area contributed by atoms with E-state index in [1.807, 2.05) is 18.2 Å². The average molecular weight is 482 g/mol. The quantitative estimate of drug-likeness (QED) is 0.504. The molecule has 29 heavy (non-hydrogen) atoms. The number of nitrogens with two attached hydrogens (primary N) is 1. The van der Waals surface area contributed by atoms with E-state index >= 15 is 0 Å². The molecule has 1 aliphatic carbocycles. The third kappa shape index (κ3) is 4.10. The predicted octanol–water partition coefficient (Wildman–Crippen LogP) is 4.63. The number of aromatic nitrogens is 2. The van der Waals surface area contributed by atoms with Crippen molar-refractivity contribution in [3.05, 3.63) is 45.9 Å². The zero-order valence-corrected chi connectivity index (χ0v) is 17.6. The summed E-state index contributed by atoms with van der Waals surface area (Å²) in [6.07, 6.45) is 2.18. The number of nitrogens with one attached hydrogen (secondary N) is 2. The molecule has 1 amide bonds. The Hall–Kier alpha value is -2.17. The van der Waals surface area contributed by atoms with E-state index in [0.717, 1.165) is 4.47 Å². The minimum Gasteiger partial charge on any atom is -0.364 e. The first-order valence-electron chi connectivity index (χ1n) is 9.05. The van der Waals surface area contributed by atoms with Crippen LogP contribution in [0.2, 0.25) is 0 Å². The van der Waals surface area contributed by atoms with Crippen LogP contribution in [0.4, 0.5) is 20.3 Å². The van der Waals surface area contributed by atoms with Crippen LogP contribution in [0.25, 0.3) is 10.3 Å². The summed E-state index contributed by atoms with van der Waals surface area (Å²) >= 11 is 4.69. The van der Waals surface area contributed by atoms with E-state index in [9.17, 15) is 13.6 Å². The van der Waals surface area contributed by atoms with E-state index in [2.05, 4.69) is 36.5 Å². The second-order valence-corrected chi connectivity index (χ2v) is 8.63. The summed E-state index contributed by atoms with van der Waals surface area (Å²) in [5, 5.41) is 7.50. The van der Waals surface area contributed by atoms with Crippen LogP contribution < -0.4 is 16.4 Å². The summed E-state index contributed by atoms with van der Waals surface area (Å²) in [6, 6.07) is 5.36. The number of hydrogen-bond acceptors (Lipinski definition) is 6. The molecule has 3 aromatic rings. The summed E-state index contributed by atoms with van der Waals surface area (Å²) < 4.78 is 28.6. The molecule has 0 unspecified atom stereocenters. The van der Waals surface area contributed by atoms with Crippen LogP contribution in [0, 0.1) is 0 Å². The van der Waals surface area contributed by atoms with Crippen LogP contribution in [0.15, 0.2) is 40.3 Å². The van der Waals surface area contributed by atoms with Gasteiger partial charge in [-0.3, -0.25) is 4.79 Å². The lowest BCUT2D eigenvalue weighted by molar-refractivity contribution is -0.0554. The van der Waals surface area contributed by atoms with Crippen molar-refractivity contribution >= 4 is 55.0 Å². The van der Waals surface area contributed by atoms with Crippen molar-refractivity contribution in [2.24, 2.45) is 5.73 Å². The lowest BCUT2D eigenvalue weighted by Crippen LogP contribution is -2.55. The number of amides is 1.